The minimum absolute atomic E-state index is 0.0742. The fourth-order valence-electron chi connectivity index (χ4n) is 3.23. The highest BCUT2D eigenvalue weighted by atomic mass is 19.1. The van der Waals surface area contributed by atoms with Gasteiger partial charge in [0.05, 0.1) is 18.8 Å². The summed E-state index contributed by atoms with van der Waals surface area (Å²) >= 11 is 0. The lowest BCUT2D eigenvalue weighted by atomic mass is 10.1. The Morgan fingerprint density at radius 1 is 1.35 bits per heavy atom. The standard InChI is InChI=1S/C16H22FN5O/c1-20(2)15-9-21(10-16(15)22-6-5-18-19-22)8-13-7-12(11-23)3-4-14(13)17/h3-7,15-16,23H,8-11H2,1-2H3/t15-,16+/m1/s1. The molecule has 1 aromatic heterocycles. The topological polar surface area (TPSA) is 57.4 Å². The van der Waals surface area contributed by atoms with Gasteiger partial charge in [-0.15, -0.1) is 5.10 Å². The number of aliphatic hydroxyl groups is 1. The first-order chi connectivity index (χ1) is 11.1. The maximum atomic E-state index is 14.0. The molecule has 124 valence electrons. The number of aromatic nitrogens is 3. The SMILES string of the molecule is CN(C)[C@@H]1CN(Cc2cc(CO)ccc2F)C[C@@H]1n1ccnn1. The van der Waals surface area contributed by atoms with Crippen molar-refractivity contribution in [2.24, 2.45) is 0 Å². The number of benzene rings is 1. The lowest BCUT2D eigenvalue weighted by Gasteiger charge is -2.24. The van der Waals surface area contributed by atoms with Crippen molar-refractivity contribution in [1.29, 1.82) is 0 Å². The first-order valence-electron chi connectivity index (χ1n) is 7.71. The molecule has 1 fully saturated rings. The molecule has 2 atom stereocenters. The molecule has 2 heterocycles. The molecule has 1 aliphatic rings. The molecule has 3 rings (SSSR count). The summed E-state index contributed by atoms with van der Waals surface area (Å²) in [7, 11) is 4.09. The number of hydrogen-bond acceptors (Lipinski definition) is 5. The second-order valence-corrected chi connectivity index (χ2v) is 6.26. The molecule has 1 saturated heterocycles. The minimum atomic E-state index is -0.229. The molecule has 1 aromatic carbocycles. The van der Waals surface area contributed by atoms with E-state index in [1.807, 2.05) is 25.0 Å². The number of aliphatic hydroxyl groups excluding tert-OH is 1. The van der Waals surface area contributed by atoms with Crippen molar-refractivity contribution in [3.63, 3.8) is 0 Å². The van der Waals surface area contributed by atoms with E-state index in [0.29, 0.717) is 18.2 Å². The molecule has 0 unspecified atom stereocenters. The summed E-state index contributed by atoms with van der Waals surface area (Å²) in [5.74, 6) is -0.229. The van der Waals surface area contributed by atoms with E-state index in [4.69, 9.17) is 0 Å². The lowest BCUT2D eigenvalue weighted by molar-refractivity contribution is 0.237. The largest absolute Gasteiger partial charge is 0.392 e. The molecule has 0 aliphatic carbocycles. The van der Waals surface area contributed by atoms with Gasteiger partial charge in [-0.05, 0) is 31.8 Å². The van der Waals surface area contributed by atoms with Crippen LogP contribution in [-0.4, -0.2) is 63.1 Å². The molecule has 1 aliphatic heterocycles. The molecule has 0 saturated carbocycles. The Hall–Kier alpha value is -1.83. The Balaban J connectivity index is 1.77. The Morgan fingerprint density at radius 3 is 2.83 bits per heavy atom. The Labute approximate surface area is 135 Å². The van der Waals surface area contributed by atoms with Crippen LogP contribution < -0.4 is 0 Å². The molecule has 0 spiro atoms. The first kappa shape index (κ1) is 16.0. The molecular weight excluding hydrogens is 297 g/mol. The van der Waals surface area contributed by atoms with E-state index < -0.39 is 0 Å². The van der Waals surface area contributed by atoms with Crippen molar-refractivity contribution in [3.8, 4) is 0 Å². The van der Waals surface area contributed by atoms with E-state index in [1.165, 1.54) is 6.07 Å². The van der Waals surface area contributed by atoms with Crippen molar-refractivity contribution in [2.75, 3.05) is 27.2 Å². The summed E-state index contributed by atoms with van der Waals surface area (Å²) < 4.78 is 15.9. The average molecular weight is 319 g/mol. The summed E-state index contributed by atoms with van der Waals surface area (Å²) in [6, 6.07) is 5.26. The van der Waals surface area contributed by atoms with Crippen molar-refractivity contribution in [1.82, 2.24) is 24.8 Å². The number of hydrogen-bond donors (Lipinski definition) is 1. The highest BCUT2D eigenvalue weighted by Crippen LogP contribution is 2.26. The van der Waals surface area contributed by atoms with Crippen molar-refractivity contribution in [3.05, 3.63) is 47.5 Å². The van der Waals surface area contributed by atoms with E-state index in [1.54, 1.807) is 18.3 Å². The van der Waals surface area contributed by atoms with Crippen LogP contribution in [0, 0.1) is 5.82 Å². The van der Waals surface area contributed by atoms with E-state index in [-0.39, 0.29) is 18.5 Å². The van der Waals surface area contributed by atoms with Crippen LogP contribution >= 0.6 is 0 Å². The van der Waals surface area contributed by atoms with Crippen LogP contribution in [0.5, 0.6) is 0 Å². The Kier molecular flexibility index (Phi) is 4.70. The normalized spacial score (nSPS) is 22.1. The molecule has 0 bridgehead atoms. The smallest absolute Gasteiger partial charge is 0.127 e. The highest BCUT2D eigenvalue weighted by Gasteiger charge is 2.36. The Bertz CT molecular complexity index is 646. The third-order valence-electron chi connectivity index (χ3n) is 4.47. The van der Waals surface area contributed by atoms with Gasteiger partial charge in [-0.2, -0.15) is 0 Å². The van der Waals surface area contributed by atoms with Crippen LogP contribution in [0.15, 0.2) is 30.6 Å². The zero-order chi connectivity index (χ0) is 16.4. The zero-order valence-electron chi connectivity index (χ0n) is 13.4. The molecule has 7 heteroatoms. The van der Waals surface area contributed by atoms with Gasteiger partial charge in [0, 0.05) is 37.4 Å². The third kappa shape index (κ3) is 3.41. The van der Waals surface area contributed by atoms with Crippen LogP contribution in [0.4, 0.5) is 4.39 Å². The van der Waals surface area contributed by atoms with Gasteiger partial charge in [-0.3, -0.25) is 4.90 Å². The molecule has 6 nitrogen and oxygen atoms in total. The van der Waals surface area contributed by atoms with Gasteiger partial charge in [-0.25, -0.2) is 9.07 Å². The summed E-state index contributed by atoms with van der Waals surface area (Å²) in [5, 5.41) is 17.3. The van der Waals surface area contributed by atoms with Crippen LogP contribution in [0.25, 0.3) is 0 Å². The molecule has 0 amide bonds. The van der Waals surface area contributed by atoms with Gasteiger partial charge >= 0.3 is 0 Å². The number of likely N-dealkylation sites (N-methyl/N-ethyl adjacent to an activating group) is 1. The monoisotopic (exact) mass is 319 g/mol. The predicted octanol–water partition coefficient (Wildman–Crippen LogP) is 0.897. The highest BCUT2D eigenvalue weighted by molar-refractivity contribution is 5.25. The molecule has 0 radical (unpaired) electrons. The minimum Gasteiger partial charge on any atom is -0.392 e. The van der Waals surface area contributed by atoms with Crippen LogP contribution in [0.2, 0.25) is 0 Å². The Morgan fingerprint density at radius 2 is 2.17 bits per heavy atom. The van der Waals surface area contributed by atoms with Crippen molar-refractivity contribution < 1.29 is 9.50 Å². The second kappa shape index (κ2) is 6.74. The third-order valence-corrected chi connectivity index (χ3v) is 4.47. The maximum Gasteiger partial charge on any atom is 0.127 e. The van der Waals surface area contributed by atoms with Crippen molar-refractivity contribution in [2.45, 2.75) is 25.2 Å². The fraction of sp³-hybridized carbons (Fsp3) is 0.500. The van der Waals surface area contributed by atoms with Gasteiger partial charge in [0.1, 0.15) is 5.82 Å². The van der Waals surface area contributed by atoms with Crippen LogP contribution in [0.3, 0.4) is 0 Å². The zero-order valence-corrected chi connectivity index (χ0v) is 13.4. The second-order valence-electron chi connectivity index (χ2n) is 6.26. The molecule has 23 heavy (non-hydrogen) atoms. The number of likely N-dealkylation sites (tertiary alicyclic amines) is 1. The summed E-state index contributed by atoms with van der Waals surface area (Å²) in [5.41, 5.74) is 1.35. The fourth-order valence-corrected chi connectivity index (χ4v) is 3.23. The summed E-state index contributed by atoms with van der Waals surface area (Å²) in [4.78, 5) is 4.39. The predicted molar refractivity (Wildman–Crippen MR) is 84.1 cm³/mol. The van der Waals surface area contributed by atoms with Gasteiger partial charge in [0.25, 0.3) is 0 Å². The van der Waals surface area contributed by atoms with Crippen LogP contribution in [-0.2, 0) is 13.2 Å². The number of halogens is 1. The maximum absolute atomic E-state index is 14.0. The number of nitrogens with zero attached hydrogens (tertiary/aromatic N) is 5. The van der Waals surface area contributed by atoms with E-state index in [2.05, 4.69) is 20.1 Å². The summed E-state index contributed by atoms with van der Waals surface area (Å²) in [6.45, 7) is 2.07. The van der Waals surface area contributed by atoms with Gasteiger partial charge in [0.15, 0.2) is 0 Å². The number of rotatable bonds is 5. The molecule has 2 aromatic rings. The van der Waals surface area contributed by atoms with Crippen LogP contribution in [0.1, 0.15) is 17.2 Å². The average Bonchev–Trinajstić information content (AvgIpc) is 3.18. The molecule has 1 N–H and O–H groups in total. The quantitative estimate of drug-likeness (QED) is 0.887. The summed E-state index contributed by atoms with van der Waals surface area (Å²) in [6.07, 6.45) is 3.55. The van der Waals surface area contributed by atoms with Crippen molar-refractivity contribution >= 4 is 0 Å². The van der Waals surface area contributed by atoms with Gasteiger partial charge < -0.3 is 10.0 Å². The van der Waals surface area contributed by atoms with E-state index in [9.17, 15) is 9.50 Å². The van der Waals surface area contributed by atoms with E-state index in [0.717, 1.165) is 18.7 Å². The van der Waals surface area contributed by atoms with Gasteiger partial charge in [-0.1, -0.05) is 11.3 Å². The lowest BCUT2D eigenvalue weighted by Crippen LogP contribution is -2.36. The van der Waals surface area contributed by atoms with E-state index >= 15 is 0 Å². The van der Waals surface area contributed by atoms with Gasteiger partial charge in [0.2, 0.25) is 0 Å². The first-order valence-corrected chi connectivity index (χ1v) is 7.71. The molecular formula is C16H22FN5O.